The van der Waals surface area contributed by atoms with Gasteiger partial charge in [-0.2, -0.15) is 4.98 Å². The molecule has 0 unspecified atom stereocenters. The third-order valence-electron chi connectivity index (χ3n) is 4.68. The summed E-state index contributed by atoms with van der Waals surface area (Å²) in [5, 5.41) is 6.01. The number of anilines is 1. The highest BCUT2D eigenvalue weighted by Crippen LogP contribution is 2.24. The molecule has 166 valence electrons. The smallest absolute Gasteiger partial charge is 0.318 e. The number of aromatic nitrogens is 4. The molecule has 0 spiro atoms. The zero-order chi connectivity index (χ0) is 23.4. The van der Waals surface area contributed by atoms with Crippen molar-refractivity contribution in [1.82, 2.24) is 25.3 Å². The molecule has 11 heteroatoms. The number of H-pyrrole nitrogens is 1. The minimum Gasteiger partial charge on any atom is -0.467 e. The van der Waals surface area contributed by atoms with Crippen LogP contribution in [0.5, 0.6) is 6.01 Å². The Balaban J connectivity index is 1.53. The van der Waals surface area contributed by atoms with Gasteiger partial charge >= 0.3 is 6.01 Å². The highest BCUT2D eigenvalue weighted by molar-refractivity contribution is 6.34. The van der Waals surface area contributed by atoms with Crippen LogP contribution in [0.25, 0.3) is 11.0 Å². The molecule has 3 heterocycles. The Kier molecular flexibility index (Phi) is 6.27. The SMILES string of the molecule is COc1ncc2cc(C(=O)Nc3cc(C(=O)NCc4ccncc4)ccc3Cl)c(=O)[nH]c2n1. The Hall–Kier alpha value is -4.31. The van der Waals surface area contributed by atoms with Crippen molar-refractivity contribution < 1.29 is 14.3 Å². The van der Waals surface area contributed by atoms with Crippen LogP contribution < -0.4 is 20.9 Å². The van der Waals surface area contributed by atoms with Gasteiger partial charge < -0.3 is 20.4 Å². The van der Waals surface area contributed by atoms with Crippen molar-refractivity contribution in [2.75, 3.05) is 12.4 Å². The number of rotatable bonds is 6. The lowest BCUT2D eigenvalue weighted by Gasteiger charge is -2.10. The molecule has 2 amide bonds. The van der Waals surface area contributed by atoms with Crippen LogP contribution in [0.4, 0.5) is 5.69 Å². The summed E-state index contributed by atoms with van der Waals surface area (Å²) in [5.74, 6) is -1.06. The lowest BCUT2D eigenvalue weighted by molar-refractivity contribution is 0.0949. The van der Waals surface area contributed by atoms with Gasteiger partial charge in [-0.25, -0.2) is 4.98 Å². The zero-order valence-electron chi connectivity index (χ0n) is 17.3. The summed E-state index contributed by atoms with van der Waals surface area (Å²) in [4.78, 5) is 52.2. The van der Waals surface area contributed by atoms with E-state index in [2.05, 4.69) is 30.6 Å². The third-order valence-corrected chi connectivity index (χ3v) is 5.01. The summed E-state index contributed by atoms with van der Waals surface area (Å²) in [7, 11) is 1.40. The molecule has 1 aromatic carbocycles. The predicted octanol–water partition coefficient (Wildman–Crippen LogP) is 2.56. The van der Waals surface area contributed by atoms with E-state index in [-0.39, 0.29) is 39.4 Å². The summed E-state index contributed by atoms with van der Waals surface area (Å²) >= 11 is 6.20. The maximum absolute atomic E-state index is 12.8. The number of carbonyl (C=O) groups is 2. The topological polar surface area (TPSA) is 139 Å². The van der Waals surface area contributed by atoms with E-state index in [1.165, 1.54) is 37.6 Å². The lowest BCUT2D eigenvalue weighted by Crippen LogP contribution is -2.24. The fourth-order valence-electron chi connectivity index (χ4n) is 2.98. The van der Waals surface area contributed by atoms with Crippen LogP contribution in [0.15, 0.2) is 59.8 Å². The molecule has 0 aliphatic heterocycles. The number of hydrogen-bond acceptors (Lipinski definition) is 7. The number of halogens is 1. The van der Waals surface area contributed by atoms with Gasteiger partial charge in [-0.05, 0) is 42.0 Å². The first kappa shape index (κ1) is 21.9. The predicted molar refractivity (Wildman–Crippen MR) is 122 cm³/mol. The van der Waals surface area contributed by atoms with Crippen LogP contribution in [0, 0.1) is 0 Å². The fourth-order valence-corrected chi connectivity index (χ4v) is 3.15. The minimum absolute atomic E-state index is 0.0844. The maximum atomic E-state index is 12.8. The van der Waals surface area contributed by atoms with E-state index in [9.17, 15) is 14.4 Å². The number of methoxy groups -OCH3 is 1. The second-order valence-electron chi connectivity index (χ2n) is 6.86. The molecule has 0 atom stereocenters. The van der Waals surface area contributed by atoms with Gasteiger partial charge in [0.1, 0.15) is 11.2 Å². The number of nitrogens with one attached hydrogen (secondary N) is 3. The van der Waals surface area contributed by atoms with Gasteiger partial charge in [-0.3, -0.25) is 19.4 Å². The molecule has 0 aliphatic rings. The number of carbonyl (C=O) groups excluding carboxylic acids is 2. The van der Waals surface area contributed by atoms with E-state index in [0.717, 1.165) is 5.56 Å². The van der Waals surface area contributed by atoms with Crippen LogP contribution in [-0.2, 0) is 6.54 Å². The first-order chi connectivity index (χ1) is 15.9. The highest BCUT2D eigenvalue weighted by Gasteiger charge is 2.16. The summed E-state index contributed by atoms with van der Waals surface area (Å²) in [6.07, 6.45) is 4.69. The lowest BCUT2D eigenvalue weighted by atomic mass is 10.1. The molecule has 4 aromatic rings. The molecule has 3 N–H and O–H groups in total. The first-order valence-electron chi connectivity index (χ1n) is 9.66. The summed E-state index contributed by atoms with van der Waals surface area (Å²) in [6, 6.07) is 9.48. The average molecular weight is 465 g/mol. The number of ether oxygens (including phenoxy) is 1. The molecule has 0 fully saturated rings. The Bertz CT molecular complexity index is 1410. The molecule has 3 aromatic heterocycles. The Labute approximate surface area is 192 Å². The highest BCUT2D eigenvalue weighted by atomic mass is 35.5. The van der Waals surface area contributed by atoms with E-state index >= 15 is 0 Å². The van der Waals surface area contributed by atoms with E-state index in [0.29, 0.717) is 11.9 Å². The molecule has 0 aliphatic carbocycles. The number of hydrogen-bond donors (Lipinski definition) is 3. The van der Waals surface area contributed by atoms with Crippen LogP contribution in [-0.4, -0.2) is 38.9 Å². The molecule has 33 heavy (non-hydrogen) atoms. The summed E-state index contributed by atoms with van der Waals surface area (Å²) in [6.45, 7) is 0.311. The van der Waals surface area contributed by atoms with E-state index in [4.69, 9.17) is 16.3 Å². The number of pyridine rings is 2. The molecular weight excluding hydrogens is 448 g/mol. The monoisotopic (exact) mass is 464 g/mol. The Morgan fingerprint density at radius 2 is 1.91 bits per heavy atom. The second kappa shape index (κ2) is 9.45. The van der Waals surface area contributed by atoms with Crippen molar-refractivity contribution >= 4 is 40.1 Å². The van der Waals surface area contributed by atoms with Gasteiger partial charge in [0.15, 0.2) is 0 Å². The number of aromatic amines is 1. The number of benzene rings is 1. The van der Waals surface area contributed by atoms with Crippen LogP contribution >= 0.6 is 11.6 Å². The van der Waals surface area contributed by atoms with Crippen LogP contribution in [0.3, 0.4) is 0 Å². The molecule has 0 saturated heterocycles. The zero-order valence-corrected chi connectivity index (χ0v) is 18.0. The molecule has 4 rings (SSSR count). The Morgan fingerprint density at radius 3 is 2.67 bits per heavy atom. The summed E-state index contributed by atoms with van der Waals surface area (Å²) < 4.78 is 4.93. The largest absolute Gasteiger partial charge is 0.467 e. The van der Waals surface area contributed by atoms with Crippen molar-refractivity contribution in [2.24, 2.45) is 0 Å². The molecule has 0 bridgehead atoms. The molecular formula is C22H17ClN6O4. The van der Waals surface area contributed by atoms with Crippen molar-refractivity contribution in [3.8, 4) is 6.01 Å². The van der Waals surface area contributed by atoms with Crippen molar-refractivity contribution in [2.45, 2.75) is 6.54 Å². The van der Waals surface area contributed by atoms with Crippen molar-refractivity contribution in [3.05, 3.63) is 87.1 Å². The quantitative estimate of drug-likeness (QED) is 0.398. The van der Waals surface area contributed by atoms with Crippen molar-refractivity contribution in [3.63, 3.8) is 0 Å². The standard InChI is InChI=1S/C22H17ClN6O4/c1-33-22-26-11-14-8-15(21(32)28-18(14)29-22)20(31)27-17-9-13(2-3-16(17)23)19(30)25-10-12-4-6-24-7-5-12/h2-9,11H,10H2,1H3,(H,25,30)(H,27,31)(H,26,28,29,32). The minimum atomic E-state index is -0.704. The van der Waals surface area contributed by atoms with E-state index in [1.807, 2.05) is 0 Å². The van der Waals surface area contributed by atoms with Gasteiger partial charge in [0.2, 0.25) is 0 Å². The van der Waals surface area contributed by atoms with Gasteiger partial charge in [0, 0.05) is 36.1 Å². The molecule has 10 nitrogen and oxygen atoms in total. The van der Waals surface area contributed by atoms with Gasteiger partial charge in [-0.1, -0.05) is 11.6 Å². The van der Waals surface area contributed by atoms with Gasteiger partial charge in [0.25, 0.3) is 17.4 Å². The number of fused-ring (bicyclic) bond motifs is 1. The van der Waals surface area contributed by atoms with Gasteiger partial charge in [-0.15, -0.1) is 0 Å². The fraction of sp³-hybridized carbons (Fsp3) is 0.0909. The average Bonchev–Trinajstić information content (AvgIpc) is 2.83. The van der Waals surface area contributed by atoms with Crippen molar-refractivity contribution in [1.29, 1.82) is 0 Å². The van der Waals surface area contributed by atoms with Crippen LogP contribution in [0.1, 0.15) is 26.3 Å². The molecule has 0 radical (unpaired) electrons. The van der Waals surface area contributed by atoms with E-state index in [1.54, 1.807) is 24.5 Å². The number of amides is 2. The second-order valence-corrected chi connectivity index (χ2v) is 7.27. The molecule has 0 saturated carbocycles. The third kappa shape index (κ3) is 4.96. The number of nitrogens with zero attached hydrogens (tertiary/aromatic N) is 3. The Morgan fingerprint density at radius 1 is 1.12 bits per heavy atom. The van der Waals surface area contributed by atoms with Crippen LogP contribution in [0.2, 0.25) is 5.02 Å². The summed E-state index contributed by atoms with van der Waals surface area (Å²) in [5.41, 5.74) is 0.774. The maximum Gasteiger partial charge on any atom is 0.318 e. The normalized spacial score (nSPS) is 10.6. The van der Waals surface area contributed by atoms with Gasteiger partial charge in [0.05, 0.1) is 17.8 Å². The van der Waals surface area contributed by atoms with E-state index < -0.39 is 11.5 Å². The first-order valence-corrected chi connectivity index (χ1v) is 10.0.